The largest absolute Gasteiger partial charge is 0.573 e. The van der Waals surface area contributed by atoms with Crippen molar-refractivity contribution in [2.75, 3.05) is 13.1 Å². The molecule has 0 saturated carbocycles. The van der Waals surface area contributed by atoms with E-state index < -0.39 is 18.1 Å². The second-order valence-corrected chi connectivity index (χ2v) is 10.4. The Morgan fingerprint density at radius 1 is 1.10 bits per heavy atom. The summed E-state index contributed by atoms with van der Waals surface area (Å²) in [6.45, 7) is 1.90. The maximum Gasteiger partial charge on any atom is 0.573 e. The summed E-state index contributed by atoms with van der Waals surface area (Å²) < 4.78 is 44.7. The third-order valence-corrected chi connectivity index (χ3v) is 7.24. The van der Waals surface area contributed by atoms with Gasteiger partial charge in [0.15, 0.2) is 0 Å². The molecule has 40 heavy (non-hydrogen) atoms. The van der Waals surface area contributed by atoms with E-state index >= 15 is 0 Å². The highest BCUT2D eigenvalue weighted by molar-refractivity contribution is 6.33. The van der Waals surface area contributed by atoms with Gasteiger partial charge in [-0.2, -0.15) is 0 Å². The van der Waals surface area contributed by atoms with E-state index in [4.69, 9.17) is 34.8 Å². The minimum atomic E-state index is -4.94. The van der Waals surface area contributed by atoms with Crippen LogP contribution in [0.3, 0.4) is 0 Å². The molecule has 208 valence electrons. The number of alkyl halides is 3. The number of nitrogens with zero attached hydrogens (tertiary/aromatic N) is 3. The number of benzene rings is 2. The molecule has 0 unspecified atom stereocenters. The number of carbonyl (C=O) groups is 1. The summed E-state index contributed by atoms with van der Waals surface area (Å²) in [5.41, 5.74) is 3.54. The van der Waals surface area contributed by atoms with Crippen LogP contribution in [0.25, 0.3) is 17.0 Å². The quantitative estimate of drug-likeness (QED) is 0.227. The molecule has 3 heterocycles. The van der Waals surface area contributed by atoms with Crippen LogP contribution in [0.2, 0.25) is 15.2 Å². The number of amides is 1. The molecular weight excluding hydrogens is 588 g/mol. The Hall–Kier alpha value is -3.24. The van der Waals surface area contributed by atoms with Crippen molar-refractivity contribution in [2.24, 2.45) is 0 Å². The average Bonchev–Trinajstić information content (AvgIpc) is 3.20. The molecule has 6 nitrogen and oxygen atoms in total. The number of pyridine rings is 1. The van der Waals surface area contributed by atoms with Gasteiger partial charge in [0.1, 0.15) is 10.9 Å². The molecule has 0 atom stereocenters. The van der Waals surface area contributed by atoms with Crippen molar-refractivity contribution in [3.63, 3.8) is 0 Å². The molecule has 1 aliphatic rings. The lowest BCUT2D eigenvalue weighted by atomic mass is 10.0. The number of hydrogen-bond donors (Lipinski definition) is 1. The van der Waals surface area contributed by atoms with E-state index in [9.17, 15) is 18.0 Å². The van der Waals surface area contributed by atoms with Gasteiger partial charge in [0.25, 0.3) is 0 Å². The number of halogens is 6. The number of ether oxygens (including phenoxy) is 1. The van der Waals surface area contributed by atoms with Gasteiger partial charge in [-0.25, -0.2) is 9.78 Å². The normalized spacial score (nSPS) is 14.1. The van der Waals surface area contributed by atoms with E-state index in [1.165, 1.54) is 16.8 Å². The van der Waals surface area contributed by atoms with E-state index in [2.05, 4.69) is 19.9 Å². The lowest BCUT2D eigenvalue weighted by molar-refractivity contribution is -0.274. The fraction of sp³-hybridized carbons (Fsp3) is 0.214. The molecule has 1 amide bonds. The Kier molecular flexibility index (Phi) is 8.28. The predicted molar refractivity (Wildman–Crippen MR) is 150 cm³/mol. The van der Waals surface area contributed by atoms with Gasteiger partial charge in [0.2, 0.25) is 0 Å². The third-order valence-electron chi connectivity index (χ3n) is 6.49. The highest BCUT2D eigenvalue weighted by Gasteiger charge is 2.33. The third kappa shape index (κ3) is 6.55. The molecule has 0 aliphatic carbocycles. The predicted octanol–water partition coefficient (Wildman–Crippen LogP) is 7.72. The van der Waals surface area contributed by atoms with Crippen LogP contribution in [0.5, 0.6) is 5.75 Å². The molecule has 5 rings (SSSR count). The van der Waals surface area contributed by atoms with Crippen molar-refractivity contribution in [1.82, 2.24) is 19.8 Å². The molecule has 0 spiro atoms. The van der Waals surface area contributed by atoms with Crippen molar-refractivity contribution in [3.8, 4) is 5.75 Å². The molecule has 12 heteroatoms. The fourth-order valence-electron chi connectivity index (χ4n) is 4.72. The highest BCUT2D eigenvalue weighted by Crippen LogP contribution is 2.39. The molecule has 2 aromatic heterocycles. The summed E-state index contributed by atoms with van der Waals surface area (Å²) in [7, 11) is 0. The van der Waals surface area contributed by atoms with Crippen molar-refractivity contribution in [2.45, 2.75) is 25.9 Å². The number of nitrogens with one attached hydrogen (secondary N) is 1. The van der Waals surface area contributed by atoms with Crippen molar-refractivity contribution >= 4 is 57.8 Å². The molecule has 0 fully saturated rings. The Labute approximate surface area is 242 Å². The Morgan fingerprint density at radius 2 is 1.88 bits per heavy atom. The molecule has 0 bridgehead atoms. The number of aromatic nitrogens is 2. The Morgan fingerprint density at radius 3 is 2.60 bits per heavy atom. The summed E-state index contributed by atoms with van der Waals surface area (Å²) in [6, 6.07) is 12.9. The second-order valence-electron chi connectivity index (χ2n) is 9.19. The van der Waals surface area contributed by atoms with E-state index in [-0.39, 0.29) is 22.2 Å². The second kappa shape index (κ2) is 11.7. The monoisotopic (exact) mass is 608 g/mol. The van der Waals surface area contributed by atoms with Gasteiger partial charge in [0.05, 0.1) is 10.5 Å². The number of carbonyl (C=O) groups excluding carboxylic acids is 1. The molecule has 1 aliphatic heterocycles. The van der Waals surface area contributed by atoms with Crippen LogP contribution in [0.15, 0.2) is 60.8 Å². The van der Waals surface area contributed by atoms with E-state index in [1.54, 1.807) is 12.1 Å². The zero-order valence-corrected chi connectivity index (χ0v) is 23.1. The van der Waals surface area contributed by atoms with Crippen LogP contribution in [0.4, 0.5) is 18.0 Å². The van der Waals surface area contributed by atoms with Gasteiger partial charge >= 0.3 is 12.4 Å². The minimum absolute atomic E-state index is 0.149. The van der Waals surface area contributed by atoms with Gasteiger partial charge in [-0.15, -0.1) is 13.2 Å². The lowest BCUT2D eigenvalue weighted by Crippen LogP contribution is -2.34. The van der Waals surface area contributed by atoms with Crippen molar-refractivity contribution in [3.05, 3.63) is 98.4 Å². The fourth-order valence-corrected chi connectivity index (χ4v) is 5.25. The number of hydrogen-bond acceptors (Lipinski definition) is 4. The van der Waals surface area contributed by atoms with Crippen LogP contribution in [0, 0.1) is 0 Å². The summed E-state index contributed by atoms with van der Waals surface area (Å²) in [5, 5.41) is 4.16. The smallest absolute Gasteiger partial charge is 0.404 e. The van der Waals surface area contributed by atoms with E-state index in [0.29, 0.717) is 42.2 Å². The van der Waals surface area contributed by atoms with E-state index in [0.717, 1.165) is 22.8 Å². The average molecular weight is 610 g/mol. The number of rotatable bonds is 6. The first-order valence-electron chi connectivity index (χ1n) is 12.2. The summed E-state index contributed by atoms with van der Waals surface area (Å²) >= 11 is 18.1. The van der Waals surface area contributed by atoms with Crippen LogP contribution in [-0.2, 0) is 19.5 Å². The maximum absolute atomic E-state index is 13.4. The minimum Gasteiger partial charge on any atom is -0.404 e. The lowest BCUT2D eigenvalue weighted by Gasteiger charge is -2.27. The summed E-state index contributed by atoms with van der Waals surface area (Å²) in [4.78, 5) is 19.5. The zero-order chi connectivity index (χ0) is 28.4. The van der Waals surface area contributed by atoms with Crippen LogP contribution in [-0.4, -0.2) is 39.9 Å². The SMILES string of the molecule is O=C(NCc1ccnc(Cl)c1)n1c2c(c3cc(Cl)c(OC(F)(F)F)cc31)CN(CC=Cc1ccc(Cl)cc1)CC2. The van der Waals surface area contributed by atoms with Crippen LogP contribution < -0.4 is 10.1 Å². The zero-order valence-electron chi connectivity index (χ0n) is 20.8. The van der Waals surface area contributed by atoms with Gasteiger partial charge in [-0.1, -0.05) is 59.1 Å². The summed E-state index contributed by atoms with van der Waals surface area (Å²) in [5.74, 6) is -0.575. The first-order valence-corrected chi connectivity index (χ1v) is 13.4. The molecule has 4 aromatic rings. The van der Waals surface area contributed by atoms with Gasteiger partial charge in [0, 0.05) is 61.0 Å². The molecular formula is C28H22Cl3F3N4O2. The molecule has 0 radical (unpaired) electrons. The first kappa shape index (κ1) is 28.3. The summed E-state index contributed by atoms with van der Waals surface area (Å²) in [6.07, 6.45) is 1.11. The van der Waals surface area contributed by atoms with Gasteiger partial charge < -0.3 is 10.1 Å². The van der Waals surface area contributed by atoms with Crippen LogP contribution >= 0.6 is 34.8 Å². The standard InChI is InChI=1S/C28H22Cl3F3N4O2/c29-19-5-3-17(4-6-19)2-1-10-37-11-8-23-21(16-37)20-13-22(30)25(40-28(32,33)34)14-24(20)38(23)27(39)36-15-18-7-9-35-26(31)12-18/h1-7,9,12-14H,8,10-11,15-16H2,(H,36,39). The van der Waals surface area contributed by atoms with E-state index in [1.807, 2.05) is 36.4 Å². The number of fused-ring (bicyclic) bond motifs is 3. The van der Waals surface area contributed by atoms with Gasteiger partial charge in [-0.3, -0.25) is 9.47 Å². The topological polar surface area (TPSA) is 59.4 Å². The first-order chi connectivity index (χ1) is 19.1. The molecule has 2 aromatic carbocycles. The van der Waals surface area contributed by atoms with Crippen molar-refractivity contribution in [1.29, 1.82) is 0 Å². The Bertz CT molecular complexity index is 1590. The maximum atomic E-state index is 13.4. The Balaban J connectivity index is 1.45. The molecule has 1 N–H and O–H groups in total. The van der Waals surface area contributed by atoms with Crippen molar-refractivity contribution < 1.29 is 22.7 Å². The van der Waals surface area contributed by atoms with Crippen LogP contribution in [0.1, 0.15) is 22.4 Å². The molecule has 0 saturated heterocycles. The highest BCUT2D eigenvalue weighted by atomic mass is 35.5. The van der Waals surface area contributed by atoms with Gasteiger partial charge in [-0.05, 0) is 47.0 Å².